The standard InChI is InChI=1S/C19H24FN3O3/c1-4-25-12-17-11-22(9-10-26-17)19(24)18-13(2)21-23(14(18)3)16-7-5-15(20)6-8-16/h5-8,17H,4,9-12H2,1-3H3. The number of aryl methyl sites for hydroxylation is 1. The molecule has 1 aliphatic rings. The van der Waals surface area contributed by atoms with E-state index in [1.807, 2.05) is 20.8 Å². The summed E-state index contributed by atoms with van der Waals surface area (Å²) in [6.45, 7) is 8.24. The number of morpholine rings is 1. The van der Waals surface area contributed by atoms with Crippen molar-refractivity contribution in [3.63, 3.8) is 0 Å². The highest BCUT2D eigenvalue weighted by molar-refractivity contribution is 5.96. The van der Waals surface area contributed by atoms with Crippen LogP contribution in [0.25, 0.3) is 5.69 Å². The summed E-state index contributed by atoms with van der Waals surface area (Å²) >= 11 is 0. The van der Waals surface area contributed by atoms with Gasteiger partial charge in [0, 0.05) is 19.7 Å². The summed E-state index contributed by atoms with van der Waals surface area (Å²) in [5.41, 5.74) is 2.71. The molecule has 0 radical (unpaired) electrons. The van der Waals surface area contributed by atoms with Crippen LogP contribution in [0.3, 0.4) is 0 Å². The lowest BCUT2D eigenvalue weighted by Gasteiger charge is -2.32. The van der Waals surface area contributed by atoms with Crippen molar-refractivity contribution < 1.29 is 18.7 Å². The molecular weight excluding hydrogens is 337 g/mol. The summed E-state index contributed by atoms with van der Waals surface area (Å²) < 4.78 is 25.9. The molecule has 1 fully saturated rings. The number of carbonyl (C=O) groups is 1. The minimum Gasteiger partial charge on any atom is -0.379 e. The maximum absolute atomic E-state index is 13.2. The molecule has 140 valence electrons. The Morgan fingerprint density at radius 1 is 1.35 bits per heavy atom. The van der Waals surface area contributed by atoms with E-state index in [2.05, 4.69) is 5.10 Å². The van der Waals surface area contributed by atoms with Gasteiger partial charge in [-0.1, -0.05) is 0 Å². The van der Waals surface area contributed by atoms with Crippen molar-refractivity contribution in [2.75, 3.05) is 32.9 Å². The average molecular weight is 361 g/mol. The Labute approximate surface area is 152 Å². The van der Waals surface area contributed by atoms with Crippen LogP contribution in [-0.4, -0.2) is 59.6 Å². The van der Waals surface area contributed by atoms with E-state index in [9.17, 15) is 9.18 Å². The van der Waals surface area contributed by atoms with Crippen LogP contribution in [0.1, 0.15) is 28.7 Å². The Morgan fingerprint density at radius 2 is 2.08 bits per heavy atom. The van der Waals surface area contributed by atoms with Crippen LogP contribution in [-0.2, 0) is 9.47 Å². The molecule has 1 amide bonds. The first-order valence-corrected chi connectivity index (χ1v) is 8.82. The normalized spacial score (nSPS) is 17.5. The maximum atomic E-state index is 13.2. The number of benzene rings is 1. The Bertz CT molecular complexity index is 773. The van der Waals surface area contributed by atoms with E-state index in [1.54, 1.807) is 21.7 Å². The molecule has 26 heavy (non-hydrogen) atoms. The predicted octanol–water partition coefficient (Wildman–Crippen LogP) is 2.51. The minimum atomic E-state index is -0.305. The van der Waals surface area contributed by atoms with Gasteiger partial charge in [-0.15, -0.1) is 0 Å². The topological polar surface area (TPSA) is 56.6 Å². The van der Waals surface area contributed by atoms with E-state index in [0.717, 1.165) is 11.4 Å². The number of carbonyl (C=O) groups excluding carboxylic acids is 1. The molecule has 0 spiro atoms. The van der Waals surface area contributed by atoms with Gasteiger partial charge in [-0.3, -0.25) is 4.79 Å². The molecule has 6 nitrogen and oxygen atoms in total. The second-order valence-corrected chi connectivity index (χ2v) is 6.34. The van der Waals surface area contributed by atoms with Gasteiger partial charge in [0.15, 0.2) is 0 Å². The summed E-state index contributed by atoms with van der Waals surface area (Å²) in [5, 5.41) is 4.49. The van der Waals surface area contributed by atoms with Gasteiger partial charge in [0.25, 0.3) is 5.91 Å². The number of nitrogens with zero attached hydrogens (tertiary/aromatic N) is 3. The van der Waals surface area contributed by atoms with Gasteiger partial charge in [0.1, 0.15) is 5.82 Å². The van der Waals surface area contributed by atoms with Crippen molar-refractivity contribution in [3.05, 3.63) is 47.0 Å². The number of amides is 1. The number of aromatic nitrogens is 2. The fourth-order valence-electron chi connectivity index (χ4n) is 3.20. The van der Waals surface area contributed by atoms with Crippen molar-refractivity contribution in [2.45, 2.75) is 26.9 Å². The molecule has 1 aromatic carbocycles. The van der Waals surface area contributed by atoms with Crippen molar-refractivity contribution in [3.8, 4) is 5.69 Å². The summed E-state index contributed by atoms with van der Waals surface area (Å²) in [6, 6.07) is 6.06. The van der Waals surface area contributed by atoms with Gasteiger partial charge in [-0.05, 0) is 45.0 Å². The average Bonchev–Trinajstić information content (AvgIpc) is 2.94. The summed E-state index contributed by atoms with van der Waals surface area (Å²) in [4.78, 5) is 14.9. The molecule has 1 aliphatic heterocycles. The van der Waals surface area contributed by atoms with Crippen LogP contribution in [0.2, 0.25) is 0 Å². The summed E-state index contributed by atoms with van der Waals surface area (Å²) in [5.74, 6) is -0.363. The Hall–Kier alpha value is -2.25. The highest BCUT2D eigenvalue weighted by Crippen LogP contribution is 2.21. The first kappa shape index (κ1) is 18.5. The van der Waals surface area contributed by atoms with Crippen molar-refractivity contribution in [2.24, 2.45) is 0 Å². The largest absolute Gasteiger partial charge is 0.379 e. The lowest BCUT2D eigenvalue weighted by Crippen LogP contribution is -2.47. The van der Waals surface area contributed by atoms with E-state index in [4.69, 9.17) is 9.47 Å². The predicted molar refractivity (Wildman–Crippen MR) is 95.1 cm³/mol. The number of ether oxygens (including phenoxy) is 2. The van der Waals surface area contributed by atoms with E-state index >= 15 is 0 Å². The Kier molecular flexibility index (Phi) is 5.68. The minimum absolute atomic E-state index is 0.0573. The molecule has 1 saturated heterocycles. The molecule has 0 N–H and O–H groups in total. The number of halogens is 1. The van der Waals surface area contributed by atoms with Crippen LogP contribution >= 0.6 is 0 Å². The van der Waals surface area contributed by atoms with Gasteiger partial charge in [0.2, 0.25) is 0 Å². The van der Waals surface area contributed by atoms with Gasteiger partial charge < -0.3 is 14.4 Å². The first-order chi connectivity index (χ1) is 12.5. The third-order valence-corrected chi connectivity index (χ3v) is 4.51. The van der Waals surface area contributed by atoms with Crippen LogP contribution < -0.4 is 0 Å². The van der Waals surface area contributed by atoms with Crippen LogP contribution in [0.4, 0.5) is 4.39 Å². The number of hydrogen-bond acceptors (Lipinski definition) is 4. The first-order valence-electron chi connectivity index (χ1n) is 8.82. The molecule has 2 heterocycles. The molecule has 2 aromatic rings. The van der Waals surface area contributed by atoms with Gasteiger partial charge in [-0.2, -0.15) is 5.10 Å². The number of hydrogen-bond donors (Lipinski definition) is 0. The summed E-state index contributed by atoms with van der Waals surface area (Å²) in [7, 11) is 0. The molecule has 0 bridgehead atoms. The number of rotatable bonds is 5. The van der Waals surface area contributed by atoms with Crippen molar-refractivity contribution >= 4 is 5.91 Å². The molecule has 1 atom stereocenters. The molecule has 0 aliphatic carbocycles. The van der Waals surface area contributed by atoms with Crippen molar-refractivity contribution in [1.82, 2.24) is 14.7 Å². The van der Waals surface area contributed by atoms with Gasteiger partial charge in [-0.25, -0.2) is 9.07 Å². The van der Waals surface area contributed by atoms with Crippen LogP contribution in [0, 0.1) is 19.7 Å². The van der Waals surface area contributed by atoms with Gasteiger partial charge in [0.05, 0.1) is 42.0 Å². The second-order valence-electron chi connectivity index (χ2n) is 6.34. The SMILES string of the molecule is CCOCC1CN(C(=O)c2c(C)nn(-c3ccc(F)cc3)c2C)CCO1. The fourth-order valence-corrected chi connectivity index (χ4v) is 3.20. The fraction of sp³-hybridized carbons (Fsp3) is 0.474. The highest BCUT2D eigenvalue weighted by atomic mass is 19.1. The van der Waals surface area contributed by atoms with E-state index in [1.165, 1.54) is 12.1 Å². The summed E-state index contributed by atoms with van der Waals surface area (Å²) in [6.07, 6.45) is -0.111. The quantitative estimate of drug-likeness (QED) is 0.821. The lowest BCUT2D eigenvalue weighted by molar-refractivity contribution is -0.0598. The Balaban J connectivity index is 1.82. The zero-order valence-electron chi connectivity index (χ0n) is 15.4. The monoisotopic (exact) mass is 361 g/mol. The highest BCUT2D eigenvalue weighted by Gasteiger charge is 2.29. The van der Waals surface area contributed by atoms with Gasteiger partial charge >= 0.3 is 0 Å². The van der Waals surface area contributed by atoms with Crippen LogP contribution in [0.5, 0.6) is 0 Å². The third kappa shape index (κ3) is 3.78. The molecule has 1 unspecified atom stereocenters. The van der Waals surface area contributed by atoms with Crippen molar-refractivity contribution in [1.29, 1.82) is 0 Å². The van der Waals surface area contributed by atoms with Crippen LogP contribution in [0.15, 0.2) is 24.3 Å². The molecule has 1 aromatic heterocycles. The zero-order valence-corrected chi connectivity index (χ0v) is 15.4. The lowest BCUT2D eigenvalue weighted by atomic mass is 10.1. The van der Waals surface area contributed by atoms with E-state index < -0.39 is 0 Å². The molecule has 0 saturated carbocycles. The van der Waals surface area contributed by atoms with E-state index in [0.29, 0.717) is 44.2 Å². The maximum Gasteiger partial charge on any atom is 0.257 e. The smallest absolute Gasteiger partial charge is 0.257 e. The zero-order chi connectivity index (χ0) is 18.7. The van der Waals surface area contributed by atoms with E-state index in [-0.39, 0.29) is 17.8 Å². The molecule has 7 heteroatoms. The molecular formula is C19H24FN3O3. The Morgan fingerprint density at radius 3 is 2.77 bits per heavy atom. The molecule has 3 rings (SSSR count). The third-order valence-electron chi connectivity index (χ3n) is 4.51. The second kappa shape index (κ2) is 7.97.